The summed E-state index contributed by atoms with van der Waals surface area (Å²) < 4.78 is 4.84. The van der Waals surface area contributed by atoms with Gasteiger partial charge in [0, 0.05) is 0 Å². The summed E-state index contributed by atoms with van der Waals surface area (Å²) in [6.07, 6.45) is 0.773. The van der Waals surface area contributed by atoms with Crippen molar-refractivity contribution in [1.29, 1.82) is 0 Å². The van der Waals surface area contributed by atoms with Gasteiger partial charge in [0.05, 0.1) is 6.61 Å². The maximum absolute atomic E-state index is 11.2. The topological polar surface area (TPSA) is 38.3 Å². The molecular weight excluding hydrogens is 166 g/mol. The van der Waals surface area contributed by atoms with Gasteiger partial charge in [0.25, 0.3) is 0 Å². The second-order valence-electron chi connectivity index (χ2n) is 2.89. The first-order valence-electron chi connectivity index (χ1n) is 3.72. The van der Waals surface area contributed by atoms with E-state index in [1.54, 1.807) is 6.92 Å². The molecule has 1 aliphatic rings. The average molecular weight is 178 g/mol. The smallest absolute Gasteiger partial charge is 0.327 e. The number of carbonyl (C=O) groups is 1. The van der Waals surface area contributed by atoms with Gasteiger partial charge in [-0.25, -0.2) is 9.63 Å². The zero-order chi connectivity index (χ0) is 8.48. The molecular formula is C7H12ClNO2. The molecule has 1 N–H and O–H groups in total. The number of hydrogen-bond donors (Lipinski definition) is 1. The zero-order valence-corrected chi connectivity index (χ0v) is 7.44. The molecule has 0 aromatic rings. The van der Waals surface area contributed by atoms with Crippen LogP contribution in [-0.4, -0.2) is 18.1 Å². The van der Waals surface area contributed by atoms with Crippen molar-refractivity contribution in [2.75, 3.05) is 6.61 Å². The second-order valence-corrected chi connectivity index (χ2v) is 3.08. The Hall–Kier alpha value is -0.280. The Labute approximate surface area is 71.2 Å². The molecule has 0 amide bonds. The molecule has 0 saturated heterocycles. The van der Waals surface area contributed by atoms with E-state index in [0.29, 0.717) is 12.5 Å². The molecule has 0 bridgehead atoms. The highest BCUT2D eigenvalue weighted by Gasteiger charge is 2.58. The minimum Gasteiger partial charge on any atom is -0.465 e. The van der Waals surface area contributed by atoms with Gasteiger partial charge in [0.2, 0.25) is 0 Å². The van der Waals surface area contributed by atoms with E-state index in [1.165, 1.54) is 0 Å². The van der Waals surface area contributed by atoms with Crippen molar-refractivity contribution in [3.63, 3.8) is 0 Å². The van der Waals surface area contributed by atoms with Crippen molar-refractivity contribution in [2.45, 2.75) is 25.8 Å². The summed E-state index contributed by atoms with van der Waals surface area (Å²) in [6, 6.07) is 0. The van der Waals surface area contributed by atoms with Crippen molar-refractivity contribution < 1.29 is 9.53 Å². The quantitative estimate of drug-likeness (QED) is 0.518. The van der Waals surface area contributed by atoms with Crippen LogP contribution in [0.5, 0.6) is 0 Å². The Balaban J connectivity index is 2.51. The summed E-state index contributed by atoms with van der Waals surface area (Å²) in [5.41, 5.74) is -0.586. The van der Waals surface area contributed by atoms with E-state index in [1.807, 2.05) is 6.92 Å². The Bertz CT molecular complexity index is 170. The number of ether oxygens (including phenoxy) is 1. The number of halogens is 1. The summed E-state index contributed by atoms with van der Waals surface area (Å²) in [5.74, 6) is 0.0570. The molecule has 1 fully saturated rings. The molecule has 0 unspecified atom stereocenters. The zero-order valence-electron chi connectivity index (χ0n) is 6.69. The maximum atomic E-state index is 11.2. The summed E-state index contributed by atoms with van der Waals surface area (Å²) in [6.45, 7) is 4.16. The molecule has 0 aromatic heterocycles. The van der Waals surface area contributed by atoms with Crippen LogP contribution in [0.15, 0.2) is 0 Å². The van der Waals surface area contributed by atoms with Crippen LogP contribution in [0.2, 0.25) is 0 Å². The number of carbonyl (C=O) groups excluding carboxylic acids is 1. The summed E-state index contributed by atoms with van der Waals surface area (Å²) in [5, 5.41) is 0. The van der Waals surface area contributed by atoms with Gasteiger partial charge in [0.15, 0.2) is 0 Å². The molecule has 0 aliphatic heterocycles. The van der Waals surface area contributed by atoms with E-state index < -0.39 is 5.54 Å². The Morgan fingerprint density at radius 3 is 2.73 bits per heavy atom. The minimum absolute atomic E-state index is 0.234. The SMILES string of the molecule is CCOC(=O)[C@@]1(NCl)C[C@H]1C. The van der Waals surface area contributed by atoms with Gasteiger partial charge in [-0.15, -0.1) is 0 Å². The van der Waals surface area contributed by atoms with Crippen LogP contribution < -0.4 is 4.84 Å². The van der Waals surface area contributed by atoms with Crippen LogP contribution in [0.1, 0.15) is 20.3 Å². The van der Waals surface area contributed by atoms with Crippen molar-refractivity contribution in [3.8, 4) is 0 Å². The monoisotopic (exact) mass is 177 g/mol. The first-order valence-corrected chi connectivity index (χ1v) is 4.10. The van der Waals surface area contributed by atoms with Crippen molar-refractivity contribution >= 4 is 17.7 Å². The molecule has 3 nitrogen and oxygen atoms in total. The van der Waals surface area contributed by atoms with Gasteiger partial charge < -0.3 is 4.74 Å². The third-order valence-corrected chi connectivity index (χ3v) is 2.45. The first kappa shape index (κ1) is 8.81. The summed E-state index contributed by atoms with van der Waals surface area (Å²) >= 11 is 5.43. The lowest BCUT2D eigenvalue weighted by molar-refractivity contribution is -0.146. The predicted molar refractivity (Wildman–Crippen MR) is 42.1 cm³/mol. The Morgan fingerprint density at radius 2 is 2.45 bits per heavy atom. The van der Waals surface area contributed by atoms with Gasteiger partial charge in [-0.1, -0.05) is 6.92 Å². The van der Waals surface area contributed by atoms with Crippen LogP contribution in [0.3, 0.4) is 0 Å². The van der Waals surface area contributed by atoms with E-state index in [2.05, 4.69) is 4.84 Å². The molecule has 0 heterocycles. The molecule has 0 radical (unpaired) electrons. The molecule has 2 atom stereocenters. The van der Waals surface area contributed by atoms with Crippen molar-refractivity contribution in [2.24, 2.45) is 5.92 Å². The molecule has 0 aromatic carbocycles. The van der Waals surface area contributed by atoms with Gasteiger partial charge >= 0.3 is 5.97 Å². The van der Waals surface area contributed by atoms with E-state index in [9.17, 15) is 4.79 Å². The van der Waals surface area contributed by atoms with E-state index in [-0.39, 0.29) is 5.97 Å². The van der Waals surface area contributed by atoms with Gasteiger partial charge in [0.1, 0.15) is 5.54 Å². The number of rotatable bonds is 3. The van der Waals surface area contributed by atoms with E-state index in [4.69, 9.17) is 16.5 Å². The van der Waals surface area contributed by atoms with Gasteiger partial charge in [-0.2, -0.15) is 0 Å². The van der Waals surface area contributed by atoms with Gasteiger partial charge in [-0.05, 0) is 31.0 Å². The second kappa shape index (κ2) is 2.99. The average Bonchev–Trinajstić information content (AvgIpc) is 2.63. The standard InChI is InChI=1S/C7H12ClNO2/c1-3-11-6(10)7(9-8)4-5(7)2/h5,9H,3-4H2,1-2H3/t5-,7-/m1/s1. The van der Waals surface area contributed by atoms with Crippen LogP contribution in [0.4, 0.5) is 0 Å². The fourth-order valence-electron chi connectivity index (χ4n) is 1.14. The number of esters is 1. The largest absolute Gasteiger partial charge is 0.465 e. The van der Waals surface area contributed by atoms with Crippen LogP contribution >= 0.6 is 11.8 Å². The highest BCUT2D eigenvalue weighted by atomic mass is 35.5. The van der Waals surface area contributed by atoms with Gasteiger partial charge in [-0.3, -0.25) is 0 Å². The Morgan fingerprint density at radius 1 is 1.91 bits per heavy atom. The minimum atomic E-state index is -0.586. The third kappa shape index (κ3) is 1.35. The highest BCUT2D eigenvalue weighted by Crippen LogP contribution is 2.44. The van der Waals surface area contributed by atoms with Crippen LogP contribution in [-0.2, 0) is 9.53 Å². The van der Waals surface area contributed by atoms with Crippen molar-refractivity contribution in [1.82, 2.24) is 4.84 Å². The lowest BCUT2D eigenvalue weighted by Crippen LogP contribution is -2.36. The van der Waals surface area contributed by atoms with E-state index in [0.717, 1.165) is 6.42 Å². The Kier molecular flexibility index (Phi) is 2.40. The molecule has 1 saturated carbocycles. The summed E-state index contributed by atoms with van der Waals surface area (Å²) in [7, 11) is 0. The fourth-order valence-corrected chi connectivity index (χ4v) is 1.48. The molecule has 1 rings (SSSR count). The number of hydrogen-bond acceptors (Lipinski definition) is 3. The van der Waals surface area contributed by atoms with Crippen LogP contribution in [0, 0.1) is 5.92 Å². The van der Waals surface area contributed by atoms with Crippen LogP contribution in [0.25, 0.3) is 0 Å². The van der Waals surface area contributed by atoms with E-state index >= 15 is 0 Å². The summed E-state index contributed by atoms with van der Waals surface area (Å²) in [4.78, 5) is 13.7. The maximum Gasteiger partial charge on any atom is 0.327 e. The number of nitrogens with one attached hydrogen (secondary N) is 1. The molecule has 11 heavy (non-hydrogen) atoms. The normalized spacial score (nSPS) is 35.0. The third-order valence-electron chi connectivity index (χ3n) is 2.12. The first-order chi connectivity index (χ1) is 5.17. The van der Waals surface area contributed by atoms with Crippen molar-refractivity contribution in [3.05, 3.63) is 0 Å². The molecule has 1 aliphatic carbocycles. The lowest BCUT2D eigenvalue weighted by atomic mass is 10.2. The fraction of sp³-hybridized carbons (Fsp3) is 0.857. The molecule has 0 spiro atoms. The molecule has 64 valence electrons. The molecule has 4 heteroatoms. The predicted octanol–water partition coefficient (Wildman–Crippen LogP) is 1.07. The lowest BCUT2D eigenvalue weighted by Gasteiger charge is -2.11. The highest BCUT2D eigenvalue weighted by molar-refractivity contribution is 6.16.